The average molecular weight is 391 g/mol. The fourth-order valence-electron chi connectivity index (χ4n) is 4.38. The SMILES string of the molecule is Cc1c(C(=O)N2CCN3C(=O)OCC3(Cc3ccccc3)C2)cnc2ccnn12. The molecule has 2 saturated heterocycles. The number of nitrogens with zero attached hydrogens (tertiary/aromatic N) is 5. The normalized spacial score (nSPS) is 21.3. The molecule has 2 fully saturated rings. The Labute approximate surface area is 167 Å². The zero-order valence-electron chi connectivity index (χ0n) is 16.1. The molecule has 0 saturated carbocycles. The predicted molar refractivity (Wildman–Crippen MR) is 105 cm³/mol. The Balaban J connectivity index is 1.46. The van der Waals surface area contributed by atoms with Gasteiger partial charge in [0, 0.05) is 38.3 Å². The number of hydrogen-bond acceptors (Lipinski definition) is 5. The van der Waals surface area contributed by atoms with Gasteiger partial charge >= 0.3 is 6.09 Å². The molecule has 8 nitrogen and oxygen atoms in total. The van der Waals surface area contributed by atoms with Crippen LogP contribution in [0.3, 0.4) is 0 Å². The van der Waals surface area contributed by atoms with E-state index in [1.54, 1.807) is 32.8 Å². The van der Waals surface area contributed by atoms with Gasteiger partial charge in [0.2, 0.25) is 0 Å². The third-order valence-corrected chi connectivity index (χ3v) is 5.89. The standard InChI is InChI=1S/C21H21N5O3/c1-15-17(12-22-18-7-8-23-26(15)18)19(27)24-9-10-25-20(28)29-14-21(25,13-24)11-16-5-3-2-4-6-16/h2-8,12H,9-11,13-14H2,1H3. The van der Waals surface area contributed by atoms with Crippen molar-refractivity contribution in [2.24, 2.45) is 0 Å². The third-order valence-electron chi connectivity index (χ3n) is 5.89. The first-order valence-corrected chi connectivity index (χ1v) is 9.64. The van der Waals surface area contributed by atoms with Crippen LogP contribution in [0.25, 0.3) is 5.65 Å². The quantitative estimate of drug-likeness (QED) is 0.682. The molecule has 2 amide bonds. The molecule has 8 heteroatoms. The summed E-state index contributed by atoms with van der Waals surface area (Å²) in [4.78, 5) is 33.6. The van der Waals surface area contributed by atoms with E-state index in [2.05, 4.69) is 10.1 Å². The minimum Gasteiger partial charge on any atom is -0.447 e. The Morgan fingerprint density at radius 2 is 2.03 bits per heavy atom. The summed E-state index contributed by atoms with van der Waals surface area (Å²) in [5.74, 6) is -0.0983. The summed E-state index contributed by atoms with van der Waals surface area (Å²) < 4.78 is 7.07. The maximum Gasteiger partial charge on any atom is 0.410 e. The topological polar surface area (TPSA) is 80.0 Å². The number of rotatable bonds is 3. The number of ether oxygens (including phenoxy) is 1. The third kappa shape index (κ3) is 2.83. The van der Waals surface area contributed by atoms with Crippen LogP contribution in [0.5, 0.6) is 0 Å². The Hall–Kier alpha value is -3.42. The predicted octanol–water partition coefficient (Wildman–Crippen LogP) is 1.93. The van der Waals surface area contributed by atoms with Crippen molar-refractivity contribution in [3.05, 3.63) is 65.6 Å². The van der Waals surface area contributed by atoms with Crippen LogP contribution in [0.2, 0.25) is 0 Å². The molecule has 0 bridgehead atoms. The molecule has 0 radical (unpaired) electrons. The van der Waals surface area contributed by atoms with Gasteiger partial charge in [0.05, 0.1) is 17.5 Å². The number of aryl methyl sites for hydroxylation is 1. The van der Waals surface area contributed by atoms with Crippen molar-refractivity contribution >= 4 is 17.6 Å². The summed E-state index contributed by atoms with van der Waals surface area (Å²) in [6, 6.07) is 11.8. The smallest absolute Gasteiger partial charge is 0.410 e. The summed E-state index contributed by atoms with van der Waals surface area (Å²) in [5.41, 5.74) is 2.54. The molecule has 1 aromatic carbocycles. The largest absolute Gasteiger partial charge is 0.447 e. The number of aromatic nitrogens is 3. The second-order valence-corrected chi connectivity index (χ2v) is 7.68. The maximum atomic E-state index is 13.4. The Morgan fingerprint density at radius 3 is 2.86 bits per heavy atom. The van der Waals surface area contributed by atoms with Crippen molar-refractivity contribution in [3.8, 4) is 0 Å². The highest BCUT2D eigenvalue weighted by molar-refractivity contribution is 5.95. The highest BCUT2D eigenvalue weighted by atomic mass is 16.6. The molecule has 1 unspecified atom stereocenters. The first-order chi connectivity index (χ1) is 14.1. The molecule has 4 heterocycles. The molecule has 148 valence electrons. The Bertz CT molecular complexity index is 1100. The molecule has 5 rings (SSSR count). The van der Waals surface area contributed by atoms with Gasteiger partial charge < -0.3 is 9.64 Å². The summed E-state index contributed by atoms with van der Waals surface area (Å²) in [6.45, 7) is 3.48. The van der Waals surface area contributed by atoms with Crippen LogP contribution in [0.15, 0.2) is 48.8 Å². The summed E-state index contributed by atoms with van der Waals surface area (Å²) in [6.07, 6.45) is 3.61. The molecular formula is C21H21N5O3. The number of fused-ring (bicyclic) bond motifs is 2. The molecule has 29 heavy (non-hydrogen) atoms. The second-order valence-electron chi connectivity index (χ2n) is 7.68. The fourth-order valence-corrected chi connectivity index (χ4v) is 4.38. The van der Waals surface area contributed by atoms with Crippen molar-refractivity contribution in [1.82, 2.24) is 24.4 Å². The number of carbonyl (C=O) groups is 2. The van der Waals surface area contributed by atoms with Crippen LogP contribution >= 0.6 is 0 Å². The van der Waals surface area contributed by atoms with Gasteiger partial charge in [-0.1, -0.05) is 30.3 Å². The van der Waals surface area contributed by atoms with E-state index < -0.39 is 5.54 Å². The highest BCUT2D eigenvalue weighted by Crippen LogP contribution is 2.33. The lowest BCUT2D eigenvalue weighted by atomic mass is 9.88. The van der Waals surface area contributed by atoms with E-state index in [0.717, 1.165) is 11.3 Å². The van der Waals surface area contributed by atoms with Crippen LogP contribution in [0, 0.1) is 6.92 Å². The molecule has 2 aliphatic rings. The number of carbonyl (C=O) groups excluding carboxylic acids is 2. The van der Waals surface area contributed by atoms with Crippen LogP contribution in [-0.2, 0) is 11.2 Å². The van der Waals surface area contributed by atoms with Gasteiger partial charge in [-0.25, -0.2) is 14.3 Å². The molecule has 0 aliphatic carbocycles. The van der Waals surface area contributed by atoms with E-state index in [-0.39, 0.29) is 18.6 Å². The molecule has 0 spiro atoms. The average Bonchev–Trinajstić information content (AvgIpc) is 3.34. The van der Waals surface area contributed by atoms with E-state index >= 15 is 0 Å². The number of cyclic esters (lactones) is 1. The number of amides is 2. The lowest BCUT2D eigenvalue weighted by Crippen LogP contribution is -2.63. The van der Waals surface area contributed by atoms with E-state index in [1.165, 1.54) is 0 Å². The minimum absolute atomic E-state index is 0.0983. The molecule has 0 N–H and O–H groups in total. The zero-order chi connectivity index (χ0) is 20.0. The van der Waals surface area contributed by atoms with Crippen molar-refractivity contribution in [3.63, 3.8) is 0 Å². The van der Waals surface area contributed by atoms with Gasteiger partial charge in [0.15, 0.2) is 5.65 Å². The second kappa shape index (κ2) is 6.58. The number of hydrogen-bond donors (Lipinski definition) is 0. The van der Waals surface area contributed by atoms with Crippen LogP contribution < -0.4 is 0 Å². The van der Waals surface area contributed by atoms with Gasteiger partial charge in [0.25, 0.3) is 5.91 Å². The zero-order valence-corrected chi connectivity index (χ0v) is 16.1. The van der Waals surface area contributed by atoms with E-state index in [4.69, 9.17) is 4.74 Å². The van der Waals surface area contributed by atoms with Crippen molar-refractivity contribution in [2.75, 3.05) is 26.2 Å². The Morgan fingerprint density at radius 1 is 1.21 bits per heavy atom. The van der Waals surface area contributed by atoms with E-state index in [0.29, 0.717) is 37.3 Å². The lowest BCUT2D eigenvalue weighted by molar-refractivity contribution is 0.0374. The van der Waals surface area contributed by atoms with Gasteiger partial charge in [-0.15, -0.1) is 0 Å². The minimum atomic E-state index is -0.552. The van der Waals surface area contributed by atoms with Crippen molar-refractivity contribution < 1.29 is 14.3 Å². The summed E-state index contributed by atoms with van der Waals surface area (Å²) in [7, 11) is 0. The molecule has 2 aromatic heterocycles. The fraction of sp³-hybridized carbons (Fsp3) is 0.333. The highest BCUT2D eigenvalue weighted by Gasteiger charge is 2.51. The first-order valence-electron chi connectivity index (χ1n) is 9.64. The number of benzene rings is 1. The molecule has 1 atom stereocenters. The summed E-state index contributed by atoms with van der Waals surface area (Å²) >= 11 is 0. The van der Waals surface area contributed by atoms with Gasteiger partial charge in [-0.3, -0.25) is 9.69 Å². The van der Waals surface area contributed by atoms with Gasteiger partial charge in [-0.2, -0.15) is 5.10 Å². The molecular weight excluding hydrogens is 370 g/mol. The Kier molecular flexibility index (Phi) is 4.01. The van der Waals surface area contributed by atoms with Crippen molar-refractivity contribution in [2.45, 2.75) is 18.9 Å². The lowest BCUT2D eigenvalue weighted by Gasteiger charge is -2.44. The molecule has 3 aromatic rings. The van der Waals surface area contributed by atoms with Crippen LogP contribution in [0.1, 0.15) is 21.6 Å². The van der Waals surface area contributed by atoms with Gasteiger partial charge in [-0.05, 0) is 12.5 Å². The van der Waals surface area contributed by atoms with Gasteiger partial charge in [0.1, 0.15) is 12.1 Å². The van der Waals surface area contributed by atoms with Crippen LogP contribution in [0.4, 0.5) is 4.79 Å². The van der Waals surface area contributed by atoms with Crippen LogP contribution in [-0.4, -0.2) is 68.2 Å². The summed E-state index contributed by atoms with van der Waals surface area (Å²) in [5, 5.41) is 4.25. The van der Waals surface area contributed by atoms with E-state index in [1.807, 2.05) is 37.3 Å². The molecule has 2 aliphatic heterocycles. The monoisotopic (exact) mass is 391 g/mol. The van der Waals surface area contributed by atoms with Crippen molar-refractivity contribution in [1.29, 1.82) is 0 Å². The maximum absolute atomic E-state index is 13.4. The van der Waals surface area contributed by atoms with E-state index in [9.17, 15) is 9.59 Å². The first kappa shape index (κ1) is 17.7. The number of piperazine rings is 1.